The third kappa shape index (κ3) is 5.25. The summed E-state index contributed by atoms with van der Waals surface area (Å²) in [6, 6.07) is 78.8. The second-order valence-electron chi connectivity index (χ2n) is 16.6. The summed E-state index contributed by atoms with van der Waals surface area (Å²) in [4.78, 5) is 15.5. The average Bonchev–Trinajstić information content (AvgIpc) is 3.97. The second-order valence-corrected chi connectivity index (χ2v) is 16.6. The quantitative estimate of drug-likeness (QED) is 0.168. The molecule has 0 radical (unpaired) electrons. The fourth-order valence-corrected chi connectivity index (χ4v) is 10.8. The average molecular weight is 803 g/mol. The van der Waals surface area contributed by atoms with Crippen LogP contribution in [0.1, 0.15) is 33.6 Å². The van der Waals surface area contributed by atoms with Crippen LogP contribution in [0.25, 0.3) is 83.6 Å². The Labute approximate surface area is 365 Å². The predicted molar refractivity (Wildman–Crippen MR) is 256 cm³/mol. The van der Waals surface area contributed by atoms with Crippen molar-refractivity contribution in [1.29, 1.82) is 0 Å². The maximum absolute atomic E-state index is 5.24. The van der Waals surface area contributed by atoms with Crippen molar-refractivity contribution >= 4 is 21.8 Å². The SMILES string of the molecule is c1ccc(-c2nc(Cc3cccc4c5ccccc5n(-c5ccccc5)c34)nc(-c3ccc(-c4cccc5c4-c4ccccc4C54c5ccccc5-c5ccccc54)cc3)n2)cc1. The minimum atomic E-state index is -0.385. The third-order valence-electron chi connectivity index (χ3n) is 13.3. The summed E-state index contributed by atoms with van der Waals surface area (Å²) in [5.41, 5.74) is 19.1. The van der Waals surface area contributed by atoms with E-state index in [-0.39, 0.29) is 5.41 Å². The van der Waals surface area contributed by atoms with Crippen LogP contribution in [0, 0.1) is 0 Å². The van der Waals surface area contributed by atoms with Crippen LogP contribution in [0.2, 0.25) is 0 Å². The van der Waals surface area contributed by atoms with Gasteiger partial charge in [-0.25, -0.2) is 15.0 Å². The summed E-state index contributed by atoms with van der Waals surface area (Å²) in [5, 5.41) is 2.43. The Morgan fingerprint density at radius 3 is 1.59 bits per heavy atom. The highest BCUT2D eigenvalue weighted by Gasteiger charge is 2.51. The molecule has 2 aromatic heterocycles. The van der Waals surface area contributed by atoms with E-state index in [1.165, 1.54) is 71.9 Å². The van der Waals surface area contributed by atoms with Crippen LogP contribution in [0.4, 0.5) is 0 Å². The molecule has 4 heteroatoms. The van der Waals surface area contributed by atoms with Crippen molar-refractivity contribution in [3.8, 4) is 61.8 Å². The van der Waals surface area contributed by atoms with Crippen LogP contribution >= 0.6 is 0 Å². The summed E-state index contributed by atoms with van der Waals surface area (Å²) < 4.78 is 2.38. The Kier molecular flexibility index (Phi) is 7.85. The number of aromatic nitrogens is 4. The minimum Gasteiger partial charge on any atom is -0.309 e. The molecule has 2 heterocycles. The molecule has 2 aliphatic carbocycles. The van der Waals surface area contributed by atoms with E-state index in [2.05, 4.69) is 205 Å². The standard InChI is InChI=1S/C59H38N4/c1-3-17-39(18-4-1)57-60-54(37-41-19-15-27-47-46-24-10-14-32-53(46)63(56(41)47)42-20-5-2-6-21-42)61-58(62-57)40-35-33-38(34-36-40)43-26-16-31-52-55(43)48-25-9-13-30-51(48)59(52)49-28-11-7-22-44(49)45-23-8-12-29-50(45)59/h1-36H,37H2. The number of hydrogen-bond acceptors (Lipinski definition) is 3. The molecule has 0 aliphatic heterocycles. The topological polar surface area (TPSA) is 43.6 Å². The predicted octanol–water partition coefficient (Wildman–Crippen LogP) is 13.9. The number of para-hydroxylation sites is 3. The molecule has 9 aromatic carbocycles. The zero-order valence-corrected chi connectivity index (χ0v) is 34.3. The van der Waals surface area contributed by atoms with Crippen LogP contribution in [0.3, 0.4) is 0 Å². The molecule has 0 atom stereocenters. The number of benzene rings is 9. The van der Waals surface area contributed by atoms with E-state index in [0.29, 0.717) is 18.1 Å². The fourth-order valence-electron chi connectivity index (χ4n) is 10.8. The summed E-state index contributed by atoms with van der Waals surface area (Å²) >= 11 is 0. The molecule has 0 fully saturated rings. The molecule has 13 rings (SSSR count). The summed E-state index contributed by atoms with van der Waals surface area (Å²) in [7, 11) is 0. The molecule has 0 amide bonds. The molecule has 11 aromatic rings. The molecule has 294 valence electrons. The fraction of sp³-hybridized carbons (Fsp3) is 0.0339. The minimum absolute atomic E-state index is 0.385. The second kappa shape index (κ2) is 13.9. The van der Waals surface area contributed by atoms with Crippen molar-refractivity contribution in [2.24, 2.45) is 0 Å². The summed E-state index contributed by atoms with van der Waals surface area (Å²) in [6.45, 7) is 0. The first-order chi connectivity index (χ1) is 31.3. The molecule has 2 aliphatic rings. The molecule has 0 N–H and O–H groups in total. The van der Waals surface area contributed by atoms with Crippen molar-refractivity contribution in [3.63, 3.8) is 0 Å². The van der Waals surface area contributed by atoms with Crippen LogP contribution in [-0.4, -0.2) is 19.5 Å². The van der Waals surface area contributed by atoms with E-state index < -0.39 is 0 Å². The van der Waals surface area contributed by atoms with Gasteiger partial charge in [0, 0.05) is 34.0 Å². The Morgan fingerprint density at radius 1 is 0.365 bits per heavy atom. The molecular weight excluding hydrogens is 765 g/mol. The van der Waals surface area contributed by atoms with Gasteiger partial charge in [0.1, 0.15) is 5.82 Å². The van der Waals surface area contributed by atoms with Gasteiger partial charge in [0.05, 0.1) is 16.4 Å². The molecule has 4 nitrogen and oxygen atoms in total. The highest BCUT2D eigenvalue weighted by molar-refractivity contribution is 6.10. The first-order valence-electron chi connectivity index (χ1n) is 21.7. The van der Waals surface area contributed by atoms with E-state index in [9.17, 15) is 0 Å². The molecule has 0 saturated heterocycles. The van der Waals surface area contributed by atoms with Gasteiger partial charge in [0.15, 0.2) is 11.6 Å². The van der Waals surface area contributed by atoms with Crippen molar-refractivity contribution in [2.45, 2.75) is 11.8 Å². The normalized spacial score (nSPS) is 13.0. The zero-order chi connectivity index (χ0) is 41.5. The monoisotopic (exact) mass is 802 g/mol. The molecular formula is C59H38N4. The lowest BCUT2D eigenvalue weighted by Crippen LogP contribution is -2.25. The smallest absolute Gasteiger partial charge is 0.163 e. The van der Waals surface area contributed by atoms with Crippen molar-refractivity contribution in [2.75, 3.05) is 0 Å². The van der Waals surface area contributed by atoms with E-state index >= 15 is 0 Å². The molecule has 1 spiro atoms. The van der Waals surface area contributed by atoms with Crippen LogP contribution < -0.4 is 0 Å². The third-order valence-corrected chi connectivity index (χ3v) is 13.3. The van der Waals surface area contributed by atoms with Gasteiger partial charge in [-0.15, -0.1) is 0 Å². The summed E-state index contributed by atoms with van der Waals surface area (Å²) in [5.74, 6) is 2.04. The number of rotatable bonds is 6. The molecule has 0 saturated carbocycles. The van der Waals surface area contributed by atoms with E-state index in [4.69, 9.17) is 15.0 Å². The van der Waals surface area contributed by atoms with Crippen LogP contribution in [-0.2, 0) is 11.8 Å². The van der Waals surface area contributed by atoms with Crippen LogP contribution in [0.5, 0.6) is 0 Å². The van der Waals surface area contributed by atoms with Gasteiger partial charge in [-0.2, -0.15) is 0 Å². The lowest BCUT2D eigenvalue weighted by Gasteiger charge is -2.30. The highest BCUT2D eigenvalue weighted by Crippen LogP contribution is 2.63. The Morgan fingerprint density at radius 2 is 0.873 bits per heavy atom. The molecule has 0 bridgehead atoms. The van der Waals surface area contributed by atoms with Gasteiger partial charge in [-0.05, 0) is 79.4 Å². The number of nitrogens with zero attached hydrogens (tertiary/aromatic N) is 4. The Balaban J connectivity index is 0.939. The van der Waals surface area contributed by atoms with Gasteiger partial charge in [0.2, 0.25) is 0 Å². The maximum Gasteiger partial charge on any atom is 0.163 e. The van der Waals surface area contributed by atoms with E-state index in [0.717, 1.165) is 33.8 Å². The Hall–Kier alpha value is -8.21. The van der Waals surface area contributed by atoms with Crippen molar-refractivity contribution < 1.29 is 0 Å². The maximum atomic E-state index is 5.24. The lowest BCUT2D eigenvalue weighted by molar-refractivity contribution is 0.794. The number of fused-ring (bicyclic) bond motifs is 13. The first kappa shape index (κ1) is 35.5. The van der Waals surface area contributed by atoms with Gasteiger partial charge < -0.3 is 4.57 Å². The van der Waals surface area contributed by atoms with Crippen molar-refractivity contribution in [1.82, 2.24) is 19.5 Å². The summed E-state index contributed by atoms with van der Waals surface area (Å²) in [6.07, 6.45) is 0.539. The molecule has 0 unspecified atom stereocenters. The largest absolute Gasteiger partial charge is 0.309 e. The zero-order valence-electron chi connectivity index (χ0n) is 34.3. The lowest BCUT2D eigenvalue weighted by atomic mass is 9.70. The number of hydrogen-bond donors (Lipinski definition) is 0. The van der Waals surface area contributed by atoms with Gasteiger partial charge in [0.25, 0.3) is 0 Å². The first-order valence-corrected chi connectivity index (χ1v) is 21.7. The highest BCUT2D eigenvalue weighted by atomic mass is 15.0. The molecule has 63 heavy (non-hydrogen) atoms. The van der Waals surface area contributed by atoms with Gasteiger partial charge in [-0.1, -0.05) is 200 Å². The van der Waals surface area contributed by atoms with Gasteiger partial charge >= 0.3 is 0 Å². The van der Waals surface area contributed by atoms with E-state index in [1.54, 1.807) is 0 Å². The van der Waals surface area contributed by atoms with Gasteiger partial charge in [-0.3, -0.25) is 0 Å². The van der Waals surface area contributed by atoms with E-state index in [1.807, 2.05) is 18.2 Å². The Bertz CT molecular complexity index is 3540. The van der Waals surface area contributed by atoms with Crippen molar-refractivity contribution in [3.05, 3.63) is 252 Å². The van der Waals surface area contributed by atoms with Crippen LogP contribution in [0.15, 0.2) is 218 Å².